The Morgan fingerprint density at radius 2 is 2.12 bits per heavy atom. The van der Waals surface area contributed by atoms with Gasteiger partial charge in [0.05, 0.1) is 0 Å². The van der Waals surface area contributed by atoms with Gasteiger partial charge in [0.15, 0.2) is 0 Å². The van der Waals surface area contributed by atoms with E-state index in [-0.39, 0.29) is 5.91 Å². The number of benzene rings is 1. The Kier molecular flexibility index (Phi) is 2.59. The molecule has 0 radical (unpaired) electrons. The molecule has 0 aliphatic heterocycles. The molecule has 2 aromatic rings. The van der Waals surface area contributed by atoms with Crippen molar-refractivity contribution in [2.75, 3.05) is 6.54 Å². The van der Waals surface area contributed by atoms with E-state index in [2.05, 4.69) is 34.3 Å². The van der Waals surface area contributed by atoms with Crippen LogP contribution in [-0.4, -0.2) is 17.0 Å². The van der Waals surface area contributed by atoms with Gasteiger partial charge in [-0.2, -0.15) is 0 Å². The Morgan fingerprint density at radius 3 is 2.94 bits per heavy atom. The molecule has 1 saturated carbocycles. The summed E-state index contributed by atoms with van der Waals surface area (Å²) in [7, 11) is 0. The monoisotopic (exact) mass is 228 g/mol. The molecular weight excluding hydrogens is 212 g/mol. The predicted octanol–water partition coefficient (Wildman–Crippen LogP) is 2.17. The lowest BCUT2D eigenvalue weighted by Crippen LogP contribution is -2.28. The van der Waals surface area contributed by atoms with Crippen LogP contribution in [0.3, 0.4) is 0 Å². The third kappa shape index (κ3) is 2.18. The number of rotatable bonds is 4. The summed E-state index contributed by atoms with van der Waals surface area (Å²) in [6.45, 7) is 1.56. The molecular formula is C14H16N2O. The summed E-state index contributed by atoms with van der Waals surface area (Å²) in [6, 6.07) is 10.4. The maximum atomic E-state index is 11.5. The SMILES string of the molecule is O=C(NCCn1ccc2ccccc21)C1CC1. The highest BCUT2D eigenvalue weighted by Gasteiger charge is 2.28. The number of aromatic nitrogens is 1. The quantitative estimate of drug-likeness (QED) is 0.855. The summed E-state index contributed by atoms with van der Waals surface area (Å²) in [6.07, 6.45) is 4.21. The first-order chi connectivity index (χ1) is 8.34. The summed E-state index contributed by atoms with van der Waals surface area (Å²) in [5.41, 5.74) is 1.23. The number of hydrogen-bond acceptors (Lipinski definition) is 1. The highest BCUT2D eigenvalue weighted by atomic mass is 16.2. The van der Waals surface area contributed by atoms with Crippen LogP contribution in [0.5, 0.6) is 0 Å². The fourth-order valence-electron chi connectivity index (χ4n) is 2.13. The van der Waals surface area contributed by atoms with Gasteiger partial charge in [-0.1, -0.05) is 18.2 Å². The van der Waals surface area contributed by atoms with Crippen LogP contribution in [0, 0.1) is 5.92 Å². The predicted molar refractivity (Wildman–Crippen MR) is 67.7 cm³/mol. The number of nitrogens with one attached hydrogen (secondary N) is 1. The second kappa shape index (κ2) is 4.24. The van der Waals surface area contributed by atoms with E-state index in [4.69, 9.17) is 0 Å². The zero-order valence-corrected chi connectivity index (χ0v) is 9.73. The molecule has 0 bridgehead atoms. The fourth-order valence-corrected chi connectivity index (χ4v) is 2.13. The average Bonchev–Trinajstić information content (AvgIpc) is 3.12. The molecule has 1 aromatic heterocycles. The molecule has 0 spiro atoms. The fraction of sp³-hybridized carbons (Fsp3) is 0.357. The number of carbonyl (C=O) groups is 1. The van der Waals surface area contributed by atoms with Crippen molar-refractivity contribution in [3.63, 3.8) is 0 Å². The highest BCUT2D eigenvalue weighted by Crippen LogP contribution is 2.28. The van der Waals surface area contributed by atoms with Crippen LogP contribution in [0.25, 0.3) is 10.9 Å². The van der Waals surface area contributed by atoms with Gasteiger partial charge in [0, 0.05) is 30.7 Å². The number of amides is 1. The van der Waals surface area contributed by atoms with Gasteiger partial charge in [-0.3, -0.25) is 4.79 Å². The third-order valence-electron chi connectivity index (χ3n) is 3.28. The third-order valence-corrected chi connectivity index (χ3v) is 3.28. The number of hydrogen-bond donors (Lipinski definition) is 1. The molecule has 0 saturated heterocycles. The van der Waals surface area contributed by atoms with Crippen molar-refractivity contribution in [2.24, 2.45) is 5.92 Å². The first-order valence-electron chi connectivity index (χ1n) is 6.16. The van der Waals surface area contributed by atoms with E-state index in [9.17, 15) is 4.79 Å². The number of carbonyl (C=O) groups excluding carboxylic acids is 1. The van der Waals surface area contributed by atoms with Crippen LogP contribution in [0.1, 0.15) is 12.8 Å². The zero-order valence-electron chi connectivity index (χ0n) is 9.73. The summed E-state index contributed by atoms with van der Waals surface area (Å²) >= 11 is 0. The zero-order chi connectivity index (χ0) is 11.7. The molecule has 1 aliphatic rings. The molecule has 1 aliphatic carbocycles. The lowest BCUT2D eigenvalue weighted by Gasteiger charge is -2.07. The van der Waals surface area contributed by atoms with Crippen molar-refractivity contribution in [1.29, 1.82) is 0 Å². The highest BCUT2D eigenvalue weighted by molar-refractivity contribution is 5.81. The van der Waals surface area contributed by atoms with Crippen molar-refractivity contribution < 1.29 is 4.79 Å². The molecule has 17 heavy (non-hydrogen) atoms. The van der Waals surface area contributed by atoms with Gasteiger partial charge in [0.2, 0.25) is 5.91 Å². The van der Waals surface area contributed by atoms with E-state index < -0.39 is 0 Å². The van der Waals surface area contributed by atoms with Crippen molar-refractivity contribution in [1.82, 2.24) is 9.88 Å². The van der Waals surface area contributed by atoms with Gasteiger partial charge in [0.1, 0.15) is 0 Å². The molecule has 1 N–H and O–H groups in total. The lowest BCUT2D eigenvalue weighted by atomic mass is 10.2. The molecule has 3 heteroatoms. The van der Waals surface area contributed by atoms with Crippen LogP contribution in [0.2, 0.25) is 0 Å². The van der Waals surface area contributed by atoms with Crippen molar-refractivity contribution in [3.8, 4) is 0 Å². The Hall–Kier alpha value is -1.77. The molecule has 88 valence electrons. The van der Waals surface area contributed by atoms with Gasteiger partial charge in [-0.05, 0) is 30.4 Å². The van der Waals surface area contributed by atoms with Gasteiger partial charge >= 0.3 is 0 Å². The molecule has 1 amide bonds. The van der Waals surface area contributed by atoms with E-state index in [1.54, 1.807) is 0 Å². The molecule has 1 aromatic carbocycles. The smallest absolute Gasteiger partial charge is 0.223 e. The minimum absolute atomic E-state index is 0.224. The lowest BCUT2D eigenvalue weighted by molar-refractivity contribution is -0.122. The number of nitrogens with zero attached hydrogens (tertiary/aromatic N) is 1. The first-order valence-corrected chi connectivity index (χ1v) is 6.16. The standard InChI is InChI=1S/C14H16N2O/c17-14(12-5-6-12)15-8-10-16-9-7-11-3-1-2-4-13(11)16/h1-4,7,9,12H,5-6,8,10H2,(H,15,17). The molecule has 1 fully saturated rings. The summed E-state index contributed by atoms with van der Waals surface area (Å²) in [5, 5.41) is 4.24. The van der Waals surface area contributed by atoms with Gasteiger partial charge in [-0.25, -0.2) is 0 Å². The second-order valence-electron chi connectivity index (χ2n) is 4.63. The number of fused-ring (bicyclic) bond motifs is 1. The van der Waals surface area contributed by atoms with Crippen LogP contribution in [-0.2, 0) is 11.3 Å². The first kappa shape index (κ1) is 10.4. The molecule has 0 atom stereocenters. The normalized spacial score (nSPS) is 15.1. The van der Waals surface area contributed by atoms with E-state index >= 15 is 0 Å². The maximum absolute atomic E-state index is 11.5. The van der Waals surface area contributed by atoms with E-state index in [0.717, 1.165) is 19.4 Å². The molecule has 0 unspecified atom stereocenters. The topological polar surface area (TPSA) is 34.0 Å². The van der Waals surface area contributed by atoms with Crippen LogP contribution in [0.15, 0.2) is 36.5 Å². The summed E-state index contributed by atoms with van der Waals surface area (Å²) in [4.78, 5) is 11.5. The van der Waals surface area contributed by atoms with Crippen molar-refractivity contribution >= 4 is 16.8 Å². The second-order valence-corrected chi connectivity index (χ2v) is 4.63. The van der Waals surface area contributed by atoms with E-state index in [0.29, 0.717) is 12.5 Å². The minimum Gasteiger partial charge on any atom is -0.354 e. The van der Waals surface area contributed by atoms with Gasteiger partial charge < -0.3 is 9.88 Å². The largest absolute Gasteiger partial charge is 0.354 e. The Balaban J connectivity index is 1.62. The Morgan fingerprint density at radius 1 is 1.29 bits per heavy atom. The Bertz CT molecular complexity index is 540. The van der Waals surface area contributed by atoms with Gasteiger partial charge in [-0.15, -0.1) is 0 Å². The maximum Gasteiger partial charge on any atom is 0.223 e. The summed E-state index contributed by atoms with van der Waals surface area (Å²) < 4.78 is 2.18. The van der Waals surface area contributed by atoms with E-state index in [1.807, 2.05) is 12.1 Å². The van der Waals surface area contributed by atoms with Crippen molar-refractivity contribution in [3.05, 3.63) is 36.5 Å². The van der Waals surface area contributed by atoms with Crippen molar-refractivity contribution in [2.45, 2.75) is 19.4 Å². The minimum atomic E-state index is 0.224. The van der Waals surface area contributed by atoms with Crippen LogP contribution in [0.4, 0.5) is 0 Å². The summed E-state index contributed by atoms with van der Waals surface area (Å²) in [5.74, 6) is 0.526. The van der Waals surface area contributed by atoms with Crippen LogP contribution < -0.4 is 5.32 Å². The van der Waals surface area contributed by atoms with Crippen LogP contribution >= 0.6 is 0 Å². The van der Waals surface area contributed by atoms with Gasteiger partial charge in [0.25, 0.3) is 0 Å². The van der Waals surface area contributed by atoms with E-state index in [1.165, 1.54) is 10.9 Å². The number of para-hydroxylation sites is 1. The average molecular weight is 228 g/mol. The molecule has 3 rings (SSSR count). The Labute approximate surface area is 100 Å². The molecule has 3 nitrogen and oxygen atoms in total. The molecule has 1 heterocycles.